The highest BCUT2D eigenvalue weighted by Gasteiger charge is 2.13. The Labute approximate surface area is 192 Å². The molecule has 0 atom stereocenters. The van der Waals surface area contributed by atoms with Crippen LogP contribution in [0.2, 0.25) is 0 Å². The molecule has 0 unspecified atom stereocenters. The summed E-state index contributed by atoms with van der Waals surface area (Å²) in [6.07, 6.45) is 5.85. The van der Waals surface area contributed by atoms with Crippen molar-refractivity contribution in [2.45, 2.75) is 6.42 Å². The van der Waals surface area contributed by atoms with Crippen molar-refractivity contribution in [3.05, 3.63) is 85.2 Å². The molecule has 33 heavy (non-hydrogen) atoms. The zero-order valence-electron chi connectivity index (χ0n) is 18.4. The molecule has 6 nitrogen and oxygen atoms in total. The number of aromatic nitrogens is 2. The molecule has 0 radical (unpaired) electrons. The van der Waals surface area contributed by atoms with Crippen LogP contribution in [0.4, 0.5) is 0 Å². The number of pyridine rings is 2. The SMILES string of the molecule is C=CCc1cc(OC)c(O)c(-c2ccc(-c3ccc(-c4cc(OC)ccc4O)cn3)nc2)c1. The average Bonchev–Trinajstić information content (AvgIpc) is 2.86. The first kappa shape index (κ1) is 21.9. The van der Waals surface area contributed by atoms with Gasteiger partial charge in [-0.15, -0.1) is 6.58 Å². The van der Waals surface area contributed by atoms with E-state index in [9.17, 15) is 10.2 Å². The molecule has 0 fully saturated rings. The minimum absolute atomic E-state index is 0.0698. The van der Waals surface area contributed by atoms with Crippen LogP contribution < -0.4 is 9.47 Å². The number of ether oxygens (including phenoxy) is 2. The Bertz CT molecular complexity index is 1280. The highest BCUT2D eigenvalue weighted by atomic mass is 16.5. The van der Waals surface area contributed by atoms with E-state index in [1.165, 1.54) is 7.11 Å². The lowest BCUT2D eigenvalue weighted by atomic mass is 10.0. The van der Waals surface area contributed by atoms with Crippen molar-refractivity contribution in [2.24, 2.45) is 0 Å². The van der Waals surface area contributed by atoms with Gasteiger partial charge in [0.15, 0.2) is 11.5 Å². The minimum atomic E-state index is 0.0698. The van der Waals surface area contributed by atoms with Crippen LogP contribution in [0.5, 0.6) is 23.0 Å². The van der Waals surface area contributed by atoms with E-state index in [4.69, 9.17) is 9.47 Å². The van der Waals surface area contributed by atoms with Gasteiger partial charge in [-0.1, -0.05) is 18.2 Å². The summed E-state index contributed by atoms with van der Waals surface area (Å²) in [5.74, 6) is 1.29. The number of benzene rings is 2. The third-order valence-corrected chi connectivity index (χ3v) is 5.35. The van der Waals surface area contributed by atoms with Crippen molar-refractivity contribution in [2.75, 3.05) is 14.2 Å². The lowest BCUT2D eigenvalue weighted by Crippen LogP contribution is -1.93. The second kappa shape index (κ2) is 9.44. The molecule has 6 heteroatoms. The minimum Gasteiger partial charge on any atom is -0.507 e. The molecule has 0 aliphatic heterocycles. The normalized spacial score (nSPS) is 10.6. The summed E-state index contributed by atoms with van der Waals surface area (Å²) in [6.45, 7) is 3.78. The Morgan fingerprint density at radius 1 is 0.818 bits per heavy atom. The van der Waals surface area contributed by atoms with Crippen LogP contribution in [0.25, 0.3) is 33.6 Å². The Kier molecular flexibility index (Phi) is 6.26. The van der Waals surface area contributed by atoms with E-state index in [0.717, 1.165) is 16.7 Å². The van der Waals surface area contributed by atoms with Crippen molar-refractivity contribution in [3.63, 3.8) is 0 Å². The third kappa shape index (κ3) is 4.50. The van der Waals surface area contributed by atoms with Crippen molar-refractivity contribution in [1.82, 2.24) is 9.97 Å². The number of nitrogens with zero attached hydrogens (tertiary/aromatic N) is 2. The van der Waals surface area contributed by atoms with Gasteiger partial charge in [-0.05, 0) is 54.4 Å². The van der Waals surface area contributed by atoms with Gasteiger partial charge in [-0.3, -0.25) is 9.97 Å². The molecule has 4 rings (SSSR count). The van der Waals surface area contributed by atoms with Crippen molar-refractivity contribution >= 4 is 0 Å². The number of methoxy groups -OCH3 is 2. The molecule has 0 aliphatic carbocycles. The number of phenols is 2. The van der Waals surface area contributed by atoms with Crippen molar-refractivity contribution in [3.8, 4) is 56.6 Å². The lowest BCUT2D eigenvalue weighted by molar-refractivity contribution is 0.374. The van der Waals surface area contributed by atoms with Gasteiger partial charge < -0.3 is 19.7 Å². The molecule has 2 heterocycles. The molecular weight excluding hydrogens is 416 g/mol. The van der Waals surface area contributed by atoms with Crippen LogP contribution in [0.3, 0.4) is 0 Å². The summed E-state index contributed by atoms with van der Waals surface area (Å²) in [7, 11) is 3.11. The van der Waals surface area contributed by atoms with Gasteiger partial charge in [0.2, 0.25) is 0 Å². The van der Waals surface area contributed by atoms with E-state index < -0.39 is 0 Å². The Morgan fingerprint density at radius 3 is 2.03 bits per heavy atom. The van der Waals surface area contributed by atoms with E-state index in [1.54, 1.807) is 49.8 Å². The number of phenolic OH excluding ortho intramolecular Hbond substituents is 2. The molecule has 0 spiro atoms. The predicted molar refractivity (Wildman–Crippen MR) is 129 cm³/mol. The molecule has 0 bridgehead atoms. The zero-order valence-corrected chi connectivity index (χ0v) is 18.4. The highest BCUT2D eigenvalue weighted by Crippen LogP contribution is 2.39. The Hall–Kier alpha value is -4.32. The fourth-order valence-corrected chi connectivity index (χ4v) is 3.61. The molecule has 2 N–H and O–H groups in total. The maximum Gasteiger partial charge on any atom is 0.165 e. The second-order valence-corrected chi connectivity index (χ2v) is 7.43. The van der Waals surface area contributed by atoms with Crippen LogP contribution in [0, 0.1) is 0 Å². The van der Waals surface area contributed by atoms with Crippen LogP contribution in [0.15, 0.2) is 79.6 Å². The third-order valence-electron chi connectivity index (χ3n) is 5.35. The first-order valence-electron chi connectivity index (χ1n) is 10.3. The number of hydrogen-bond donors (Lipinski definition) is 2. The van der Waals surface area contributed by atoms with E-state index in [-0.39, 0.29) is 11.5 Å². The monoisotopic (exact) mass is 440 g/mol. The van der Waals surface area contributed by atoms with Crippen LogP contribution >= 0.6 is 0 Å². The second-order valence-electron chi connectivity index (χ2n) is 7.43. The molecule has 166 valence electrons. The smallest absolute Gasteiger partial charge is 0.165 e. The van der Waals surface area contributed by atoms with Crippen LogP contribution in [-0.2, 0) is 6.42 Å². The maximum atomic E-state index is 10.6. The van der Waals surface area contributed by atoms with E-state index >= 15 is 0 Å². The summed E-state index contributed by atoms with van der Waals surface area (Å²) in [5.41, 5.74) is 5.17. The maximum absolute atomic E-state index is 10.6. The van der Waals surface area contributed by atoms with Crippen LogP contribution in [0.1, 0.15) is 5.56 Å². The van der Waals surface area contributed by atoms with Crippen molar-refractivity contribution < 1.29 is 19.7 Å². The summed E-state index contributed by atoms with van der Waals surface area (Å²) in [6, 6.07) is 16.2. The molecule has 0 aliphatic rings. The summed E-state index contributed by atoms with van der Waals surface area (Å²) < 4.78 is 10.6. The highest BCUT2D eigenvalue weighted by molar-refractivity contribution is 5.76. The summed E-state index contributed by atoms with van der Waals surface area (Å²) in [4.78, 5) is 9.05. The molecule has 0 amide bonds. The topological polar surface area (TPSA) is 84.7 Å². The first-order valence-corrected chi connectivity index (χ1v) is 10.3. The van der Waals surface area contributed by atoms with Crippen LogP contribution in [-0.4, -0.2) is 34.4 Å². The zero-order chi connectivity index (χ0) is 23.4. The molecular formula is C27H24N2O4. The van der Waals surface area contributed by atoms with E-state index in [2.05, 4.69) is 16.5 Å². The molecule has 4 aromatic rings. The number of allylic oxidation sites excluding steroid dienone is 1. The summed E-state index contributed by atoms with van der Waals surface area (Å²) >= 11 is 0. The molecule has 0 saturated heterocycles. The van der Waals surface area contributed by atoms with E-state index in [0.29, 0.717) is 40.4 Å². The summed E-state index contributed by atoms with van der Waals surface area (Å²) in [5, 5.41) is 20.8. The van der Waals surface area contributed by atoms with Gasteiger partial charge in [-0.25, -0.2) is 0 Å². The quantitative estimate of drug-likeness (QED) is 0.362. The standard InChI is InChI=1S/C27H24N2O4/c1-4-5-17-12-22(27(31)26(13-17)33-3)19-7-10-24(29-16-19)23-9-6-18(15-28-23)21-14-20(32-2)8-11-25(21)30/h4,6-16,30-31H,1,5H2,2-3H3. The van der Waals surface area contributed by atoms with Gasteiger partial charge in [0, 0.05) is 34.6 Å². The fourth-order valence-electron chi connectivity index (χ4n) is 3.61. The predicted octanol–water partition coefficient (Wildman–Crippen LogP) is 5.63. The number of aromatic hydroxyl groups is 2. The van der Waals surface area contributed by atoms with Gasteiger partial charge in [0.05, 0.1) is 25.6 Å². The Balaban J connectivity index is 1.63. The van der Waals surface area contributed by atoms with Crippen molar-refractivity contribution in [1.29, 1.82) is 0 Å². The molecule has 0 saturated carbocycles. The van der Waals surface area contributed by atoms with Gasteiger partial charge >= 0.3 is 0 Å². The molecule has 2 aromatic heterocycles. The number of hydrogen-bond acceptors (Lipinski definition) is 6. The largest absolute Gasteiger partial charge is 0.507 e. The van der Waals surface area contributed by atoms with E-state index in [1.807, 2.05) is 30.3 Å². The first-order chi connectivity index (χ1) is 16.0. The molecule has 2 aromatic carbocycles. The van der Waals surface area contributed by atoms with Gasteiger partial charge in [0.25, 0.3) is 0 Å². The van der Waals surface area contributed by atoms with Gasteiger partial charge in [-0.2, -0.15) is 0 Å². The lowest BCUT2D eigenvalue weighted by Gasteiger charge is -2.12. The fraction of sp³-hybridized carbons (Fsp3) is 0.111. The average molecular weight is 440 g/mol. The number of rotatable bonds is 7. The Morgan fingerprint density at radius 2 is 1.48 bits per heavy atom. The van der Waals surface area contributed by atoms with Gasteiger partial charge in [0.1, 0.15) is 11.5 Å².